The summed E-state index contributed by atoms with van der Waals surface area (Å²) in [5.74, 6) is 0. The van der Waals surface area contributed by atoms with Gasteiger partial charge in [-0.3, -0.25) is 0 Å². The predicted octanol–water partition coefficient (Wildman–Crippen LogP) is 9.07. The minimum Gasteiger partial charge on any atom is -0.321 e. The zero-order valence-corrected chi connectivity index (χ0v) is 22.8. The molecule has 2 aliphatic rings. The number of nitrogens with zero attached hydrogens (tertiary/aromatic N) is 2. The minimum atomic E-state index is 0.0797. The zero-order valence-electron chi connectivity index (χ0n) is 22.8. The van der Waals surface area contributed by atoms with Gasteiger partial charge in [-0.2, -0.15) is 0 Å². The molecule has 0 saturated carbocycles. The van der Waals surface area contributed by atoms with Crippen LogP contribution >= 0.6 is 0 Å². The van der Waals surface area contributed by atoms with E-state index in [0.29, 0.717) is 0 Å². The van der Waals surface area contributed by atoms with Gasteiger partial charge in [-0.25, -0.2) is 0 Å². The molecule has 0 fully saturated rings. The Morgan fingerprint density at radius 2 is 1.08 bits per heavy atom. The van der Waals surface area contributed by atoms with Crippen molar-refractivity contribution in [2.45, 2.75) is 52.4 Å². The second kappa shape index (κ2) is 8.38. The molecule has 0 N–H and O–H groups in total. The van der Waals surface area contributed by atoms with E-state index in [1.165, 1.54) is 56.1 Å². The SMILES string of the molecule is CC(C)(C)c1ccc2c(c1)-c1cc(C(C)(C)C)ccc1N1CN(c3ccccc3)C(c3ccccc3)=C21. The van der Waals surface area contributed by atoms with Gasteiger partial charge in [0.1, 0.15) is 6.67 Å². The van der Waals surface area contributed by atoms with Crippen LogP contribution < -0.4 is 9.80 Å². The summed E-state index contributed by atoms with van der Waals surface area (Å²) in [6.45, 7) is 14.6. The van der Waals surface area contributed by atoms with Crippen molar-refractivity contribution < 1.29 is 0 Å². The second-order valence-corrected chi connectivity index (χ2v) is 12.4. The van der Waals surface area contributed by atoms with Gasteiger partial charge in [0.05, 0.1) is 17.1 Å². The lowest BCUT2D eigenvalue weighted by molar-refractivity contribution is 0.589. The average molecular weight is 485 g/mol. The van der Waals surface area contributed by atoms with E-state index in [2.05, 4.69) is 148 Å². The molecule has 0 bridgehead atoms. The Balaban J connectivity index is 1.68. The smallest absolute Gasteiger partial charge is 0.100 e. The van der Waals surface area contributed by atoms with Crippen LogP contribution in [0.4, 0.5) is 11.4 Å². The number of anilines is 2. The molecule has 2 nitrogen and oxygen atoms in total. The van der Waals surface area contributed by atoms with E-state index in [9.17, 15) is 0 Å². The third kappa shape index (κ3) is 3.96. The molecule has 0 atom stereocenters. The first-order valence-electron chi connectivity index (χ1n) is 13.3. The predicted molar refractivity (Wildman–Crippen MR) is 159 cm³/mol. The first-order valence-corrected chi connectivity index (χ1v) is 13.3. The third-order valence-corrected chi connectivity index (χ3v) is 7.75. The van der Waals surface area contributed by atoms with Crippen molar-refractivity contribution in [1.82, 2.24) is 0 Å². The highest BCUT2D eigenvalue weighted by atomic mass is 15.4. The molecule has 0 aliphatic carbocycles. The van der Waals surface area contributed by atoms with E-state index in [1.807, 2.05) is 0 Å². The van der Waals surface area contributed by atoms with Crippen LogP contribution in [-0.2, 0) is 10.8 Å². The van der Waals surface area contributed by atoms with E-state index in [0.717, 1.165) is 6.67 Å². The first-order chi connectivity index (χ1) is 17.6. The molecule has 0 spiro atoms. The Kier molecular flexibility index (Phi) is 5.35. The Bertz CT molecular complexity index is 1500. The third-order valence-electron chi connectivity index (χ3n) is 7.75. The summed E-state index contributed by atoms with van der Waals surface area (Å²) >= 11 is 0. The second-order valence-electron chi connectivity index (χ2n) is 12.4. The van der Waals surface area contributed by atoms with Crippen molar-refractivity contribution in [3.05, 3.63) is 119 Å². The molecule has 0 saturated heterocycles. The van der Waals surface area contributed by atoms with Gasteiger partial charge in [-0.05, 0) is 57.9 Å². The highest BCUT2D eigenvalue weighted by Gasteiger charge is 2.38. The normalized spacial score (nSPS) is 15.0. The van der Waals surface area contributed by atoms with Gasteiger partial charge in [0.2, 0.25) is 0 Å². The lowest BCUT2D eigenvalue weighted by Gasteiger charge is -2.34. The standard InChI is InChI=1S/C35H36N2/c1-34(2,3)25-17-19-28-29(21-25)30-22-26(35(4,5)6)18-20-31(30)37-23-36(27-15-11-8-12-16-27)32(33(28)37)24-13-9-7-10-14-24/h7-22H,23H2,1-6H3. The van der Waals surface area contributed by atoms with Crippen LogP contribution in [-0.4, -0.2) is 6.67 Å². The van der Waals surface area contributed by atoms with Crippen molar-refractivity contribution in [1.29, 1.82) is 0 Å². The van der Waals surface area contributed by atoms with Gasteiger partial charge in [0, 0.05) is 22.4 Å². The average Bonchev–Trinajstić information content (AvgIpc) is 3.29. The molecule has 37 heavy (non-hydrogen) atoms. The molecular formula is C35H36N2. The molecule has 6 rings (SSSR count). The molecule has 4 aromatic carbocycles. The number of para-hydroxylation sites is 1. The molecule has 0 radical (unpaired) electrons. The highest BCUT2D eigenvalue weighted by Crippen LogP contribution is 2.52. The fourth-order valence-electron chi connectivity index (χ4n) is 5.61. The van der Waals surface area contributed by atoms with Crippen LogP contribution in [0.25, 0.3) is 22.5 Å². The topological polar surface area (TPSA) is 6.48 Å². The van der Waals surface area contributed by atoms with Crippen LogP contribution in [0.15, 0.2) is 97.1 Å². The van der Waals surface area contributed by atoms with Crippen molar-refractivity contribution in [3.8, 4) is 11.1 Å². The Morgan fingerprint density at radius 3 is 1.70 bits per heavy atom. The quantitative estimate of drug-likeness (QED) is 0.280. The van der Waals surface area contributed by atoms with Crippen molar-refractivity contribution in [2.75, 3.05) is 16.5 Å². The lowest BCUT2D eigenvalue weighted by atomic mass is 9.79. The van der Waals surface area contributed by atoms with Crippen LogP contribution in [0, 0.1) is 0 Å². The molecule has 0 unspecified atom stereocenters. The van der Waals surface area contributed by atoms with E-state index >= 15 is 0 Å². The van der Waals surface area contributed by atoms with Crippen LogP contribution in [0.3, 0.4) is 0 Å². The maximum Gasteiger partial charge on any atom is 0.100 e. The summed E-state index contributed by atoms with van der Waals surface area (Å²) < 4.78 is 0. The van der Waals surface area contributed by atoms with Crippen molar-refractivity contribution >= 4 is 22.8 Å². The Hall–Kier alpha value is -3.78. The number of hydrogen-bond acceptors (Lipinski definition) is 2. The van der Waals surface area contributed by atoms with E-state index < -0.39 is 0 Å². The molecule has 0 amide bonds. The molecular weight excluding hydrogens is 448 g/mol. The number of hydrogen-bond donors (Lipinski definition) is 0. The highest BCUT2D eigenvalue weighted by molar-refractivity contribution is 6.12. The van der Waals surface area contributed by atoms with E-state index in [1.54, 1.807) is 0 Å². The molecule has 2 aliphatic heterocycles. The number of benzene rings is 4. The van der Waals surface area contributed by atoms with Gasteiger partial charge in [0.25, 0.3) is 0 Å². The molecule has 186 valence electrons. The van der Waals surface area contributed by atoms with Crippen LogP contribution in [0.1, 0.15) is 63.8 Å². The molecule has 0 aromatic heterocycles. The zero-order chi connectivity index (χ0) is 25.9. The maximum atomic E-state index is 2.52. The van der Waals surface area contributed by atoms with E-state index in [4.69, 9.17) is 0 Å². The fourth-order valence-corrected chi connectivity index (χ4v) is 5.61. The van der Waals surface area contributed by atoms with Crippen molar-refractivity contribution in [2.24, 2.45) is 0 Å². The number of fused-ring (bicyclic) bond motifs is 6. The fraction of sp³-hybridized carbons (Fsp3) is 0.257. The first kappa shape index (κ1) is 23.6. The largest absolute Gasteiger partial charge is 0.321 e. The monoisotopic (exact) mass is 484 g/mol. The lowest BCUT2D eigenvalue weighted by Crippen LogP contribution is -2.29. The van der Waals surface area contributed by atoms with Gasteiger partial charge in [-0.15, -0.1) is 0 Å². The van der Waals surface area contributed by atoms with E-state index in [-0.39, 0.29) is 10.8 Å². The Labute approximate surface area is 221 Å². The van der Waals surface area contributed by atoms with Crippen LogP contribution in [0.5, 0.6) is 0 Å². The summed E-state index contributed by atoms with van der Waals surface area (Å²) in [6, 6.07) is 35.9. The summed E-state index contributed by atoms with van der Waals surface area (Å²) in [6.07, 6.45) is 0. The molecule has 4 aromatic rings. The summed E-state index contributed by atoms with van der Waals surface area (Å²) in [5, 5.41) is 0. The van der Waals surface area contributed by atoms with Gasteiger partial charge in [0.15, 0.2) is 0 Å². The van der Waals surface area contributed by atoms with Crippen molar-refractivity contribution in [3.63, 3.8) is 0 Å². The minimum absolute atomic E-state index is 0.0797. The van der Waals surface area contributed by atoms with Gasteiger partial charge < -0.3 is 9.80 Å². The maximum absolute atomic E-state index is 2.52. The summed E-state index contributed by atoms with van der Waals surface area (Å²) in [7, 11) is 0. The molecule has 2 heteroatoms. The summed E-state index contributed by atoms with van der Waals surface area (Å²) in [5.41, 5.74) is 13.2. The van der Waals surface area contributed by atoms with Gasteiger partial charge >= 0.3 is 0 Å². The van der Waals surface area contributed by atoms with Gasteiger partial charge in [-0.1, -0.05) is 108 Å². The Morgan fingerprint density at radius 1 is 0.514 bits per heavy atom. The number of rotatable bonds is 2. The van der Waals surface area contributed by atoms with Crippen LogP contribution in [0.2, 0.25) is 0 Å². The summed E-state index contributed by atoms with van der Waals surface area (Å²) in [4.78, 5) is 5.00. The molecule has 2 heterocycles.